The summed E-state index contributed by atoms with van der Waals surface area (Å²) < 4.78 is 0.454. The molecule has 0 saturated heterocycles. The summed E-state index contributed by atoms with van der Waals surface area (Å²) in [7, 11) is 0. The van der Waals surface area contributed by atoms with Crippen LogP contribution in [0.15, 0.2) is 18.3 Å². The Balaban J connectivity index is 2.41. The number of rotatable bonds is 1. The Bertz CT molecular complexity index is 410. The van der Waals surface area contributed by atoms with Crippen molar-refractivity contribution in [3.05, 3.63) is 28.5 Å². The summed E-state index contributed by atoms with van der Waals surface area (Å²) in [6.07, 6.45) is 1.77. The van der Waals surface area contributed by atoms with E-state index in [1.807, 2.05) is 19.1 Å². The van der Waals surface area contributed by atoms with Gasteiger partial charge < -0.3 is 0 Å². The van der Waals surface area contributed by atoms with Gasteiger partial charge in [-0.05, 0) is 30.7 Å². The molecule has 0 unspecified atom stereocenters. The van der Waals surface area contributed by atoms with Crippen LogP contribution in [0.2, 0.25) is 4.47 Å². The second-order valence-electron chi connectivity index (χ2n) is 2.55. The maximum absolute atomic E-state index is 5.67. The largest absolute Gasteiger partial charge is 0.261 e. The van der Waals surface area contributed by atoms with E-state index >= 15 is 0 Å². The van der Waals surface area contributed by atoms with E-state index in [0.29, 0.717) is 4.47 Å². The van der Waals surface area contributed by atoms with Crippen LogP contribution in [0.25, 0.3) is 10.6 Å². The average Bonchev–Trinajstić information content (AvgIpc) is 2.53. The summed E-state index contributed by atoms with van der Waals surface area (Å²) in [5, 5.41) is 8.44. The molecule has 3 nitrogen and oxygen atoms in total. The first kappa shape index (κ1) is 8.59. The van der Waals surface area contributed by atoms with Crippen molar-refractivity contribution < 1.29 is 0 Å². The van der Waals surface area contributed by atoms with Gasteiger partial charge >= 0.3 is 0 Å². The minimum Gasteiger partial charge on any atom is -0.261 e. The molecule has 0 saturated carbocycles. The molecule has 0 amide bonds. The highest BCUT2D eigenvalue weighted by Gasteiger charge is 2.04. The molecule has 66 valence electrons. The summed E-state index contributed by atoms with van der Waals surface area (Å²) in [5.41, 5.74) is 1.94. The minimum atomic E-state index is 0.454. The zero-order valence-electron chi connectivity index (χ0n) is 6.86. The second kappa shape index (κ2) is 3.40. The molecule has 0 fully saturated rings. The first-order valence-electron chi connectivity index (χ1n) is 3.68. The van der Waals surface area contributed by atoms with E-state index in [-0.39, 0.29) is 0 Å². The fourth-order valence-corrected chi connectivity index (χ4v) is 1.73. The van der Waals surface area contributed by atoms with Gasteiger partial charge in [0.05, 0.1) is 0 Å². The molecule has 0 atom stereocenters. The van der Waals surface area contributed by atoms with E-state index in [1.165, 1.54) is 11.3 Å². The van der Waals surface area contributed by atoms with Crippen molar-refractivity contribution in [2.24, 2.45) is 0 Å². The molecule has 2 rings (SSSR count). The molecular weight excluding hydrogens is 206 g/mol. The topological polar surface area (TPSA) is 38.7 Å². The fraction of sp³-hybridized carbons (Fsp3) is 0.125. The van der Waals surface area contributed by atoms with Crippen molar-refractivity contribution in [1.29, 1.82) is 0 Å². The third-order valence-electron chi connectivity index (χ3n) is 1.56. The first-order chi connectivity index (χ1) is 6.25. The van der Waals surface area contributed by atoms with Crippen molar-refractivity contribution in [2.75, 3.05) is 0 Å². The van der Waals surface area contributed by atoms with Crippen LogP contribution in [0.3, 0.4) is 0 Å². The number of hydrogen-bond donors (Lipinski definition) is 0. The molecule has 0 spiro atoms. The minimum absolute atomic E-state index is 0.454. The number of nitrogens with zero attached hydrogens (tertiary/aromatic N) is 3. The lowest BCUT2D eigenvalue weighted by Gasteiger charge is -1.93. The Labute approximate surface area is 84.4 Å². The quantitative estimate of drug-likeness (QED) is 0.728. The normalized spacial score (nSPS) is 10.3. The van der Waals surface area contributed by atoms with Gasteiger partial charge in [0, 0.05) is 17.5 Å². The highest BCUT2D eigenvalue weighted by atomic mass is 35.5. The molecule has 0 aliphatic heterocycles. The molecule has 2 aromatic rings. The van der Waals surface area contributed by atoms with Gasteiger partial charge in [0.2, 0.25) is 4.47 Å². The fourth-order valence-electron chi connectivity index (χ4n) is 0.916. The van der Waals surface area contributed by atoms with Crippen molar-refractivity contribution in [2.45, 2.75) is 6.92 Å². The van der Waals surface area contributed by atoms with Gasteiger partial charge in [0.15, 0.2) is 0 Å². The summed E-state index contributed by atoms with van der Waals surface area (Å²) in [6.45, 7) is 1.94. The average molecular weight is 212 g/mol. The lowest BCUT2D eigenvalue weighted by Crippen LogP contribution is -1.81. The van der Waals surface area contributed by atoms with Gasteiger partial charge in [-0.3, -0.25) is 4.98 Å². The van der Waals surface area contributed by atoms with Crippen LogP contribution >= 0.6 is 22.9 Å². The molecule has 0 aliphatic rings. The van der Waals surface area contributed by atoms with Crippen LogP contribution in [0, 0.1) is 6.92 Å². The van der Waals surface area contributed by atoms with Crippen molar-refractivity contribution in [1.82, 2.24) is 15.2 Å². The van der Waals surface area contributed by atoms with E-state index in [1.54, 1.807) is 6.20 Å². The van der Waals surface area contributed by atoms with Crippen molar-refractivity contribution in [3.8, 4) is 10.6 Å². The Hall–Kier alpha value is -1.00. The molecule has 2 aromatic heterocycles. The van der Waals surface area contributed by atoms with Gasteiger partial charge in [0.1, 0.15) is 5.01 Å². The van der Waals surface area contributed by atoms with Crippen LogP contribution in [0.1, 0.15) is 5.69 Å². The maximum Gasteiger partial charge on any atom is 0.207 e. The Morgan fingerprint density at radius 1 is 1.31 bits per heavy atom. The monoisotopic (exact) mass is 211 g/mol. The predicted octanol–water partition coefficient (Wildman–Crippen LogP) is 2.56. The van der Waals surface area contributed by atoms with Crippen LogP contribution in [-0.4, -0.2) is 15.2 Å². The molecule has 13 heavy (non-hydrogen) atoms. The standard InChI is InChI=1S/C8H6ClN3S/c1-5-2-3-6(4-10-5)7-11-12-8(9)13-7/h2-4H,1H3. The van der Waals surface area contributed by atoms with E-state index in [0.717, 1.165) is 16.3 Å². The van der Waals surface area contributed by atoms with E-state index in [9.17, 15) is 0 Å². The SMILES string of the molecule is Cc1ccc(-c2nnc(Cl)s2)cn1. The van der Waals surface area contributed by atoms with Gasteiger partial charge in [-0.15, -0.1) is 10.2 Å². The molecule has 0 radical (unpaired) electrons. The number of aromatic nitrogens is 3. The van der Waals surface area contributed by atoms with Crippen molar-refractivity contribution in [3.63, 3.8) is 0 Å². The molecule has 0 N–H and O–H groups in total. The lowest BCUT2D eigenvalue weighted by molar-refractivity contribution is 1.09. The Kier molecular flexibility index (Phi) is 2.24. The van der Waals surface area contributed by atoms with E-state index in [4.69, 9.17) is 11.6 Å². The van der Waals surface area contributed by atoms with Gasteiger partial charge in [-0.1, -0.05) is 11.3 Å². The number of halogens is 1. The third kappa shape index (κ3) is 1.84. The maximum atomic E-state index is 5.67. The summed E-state index contributed by atoms with van der Waals surface area (Å²) >= 11 is 7.02. The van der Waals surface area contributed by atoms with Crippen molar-refractivity contribution >= 4 is 22.9 Å². The van der Waals surface area contributed by atoms with E-state index < -0.39 is 0 Å². The molecular formula is C8H6ClN3S. The van der Waals surface area contributed by atoms with Gasteiger partial charge in [-0.25, -0.2) is 0 Å². The van der Waals surface area contributed by atoms with Crippen LogP contribution < -0.4 is 0 Å². The summed E-state index contributed by atoms with van der Waals surface area (Å²) in [6, 6.07) is 3.89. The second-order valence-corrected chi connectivity index (χ2v) is 4.11. The number of aryl methyl sites for hydroxylation is 1. The summed E-state index contributed by atoms with van der Waals surface area (Å²) in [4.78, 5) is 4.16. The molecule has 0 aliphatic carbocycles. The molecule has 2 heterocycles. The van der Waals surface area contributed by atoms with Gasteiger partial charge in [-0.2, -0.15) is 0 Å². The zero-order chi connectivity index (χ0) is 9.26. The highest BCUT2D eigenvalue weighted by Crippen LogP contribution is 2.25. The zero-order valence-corrected chi connectivity index (χ0v) is 8.43. The smallest absolute Gasteiger partial charge is 0.207 e. The predicted molar refractivity (Wildman–Crippen MR) is 52.9 cm³/mol. The van der Waals surface area contributed by atoms with Crippen LogP contribution in [-0.2, 0) is 0 Å². The summed E-state index contributed by atoms with van der Waals surface area (Å²) in [5.74, 6) is 0. The highest BCUT2D eigenvalue weighted by molar-refractivity contribution is 7.18. The van der Waals surface area contributed by atoms with Gasteiger partial charge in [0.25, 0.3) is 0 Å². The number of pyridine rings is 1. The Morgan fingerprint density at radius 2 is 2.15 bits per heavy atom. The number of hydrogen-bond acceptors (Lipinski definition) is 4. The molecule has 0 bridgehead atoms. The lowest BCUT2D eigenvalue weighted by atomic mass is 10.3. The van der Waals surface area contributed by atoms with Crippen LogP contribution in [0.5, 0.6) is 0 Å². The third-order valence-corrected chi connectivity index (χ3v) is 2.63. The van der Waals surface area contributed by atoms with E-state index in [2.05, 4.69) is 15.2 Å². The Morgan fingerprint density at radius 3 is 2.69 bits per heavy atom. The molecule has 5 heteroatoms. The molecule has 0 aromatic carbocycles. The first-order valence-corrected chi connectivity index (χ1v) is 4.87. The van der Waals surface area contributed by atoms with Crippen LogP contribution in [0.4, 0.5) is 0 Å².